The number of hydrogen-bond donors (Lipinski definition) is 0. The molecule has 0 aliphatic rings. The molecule has 3 heteroatoms. The first-order chi connectivity index (χ1) is 8.56. The van der Waals surface area contributed by atoms with Gasteiger partial charge in [0, 0.05) is 16.5 Å². The first kappa shape index (κ1) is 13.3. The van der Waals surface area contributed by atoms with Crippen LogP contribution in [0.25, 0.3) is 0 Å². The van der Waals surface area contributed by atoms with Crippen LogP contribution < -0.4 is 0 Å². The lowest BCUT2D eigenvalue weighted by atomic mass is 10.0. The van der Waals surface area contributed by atoms with Crippen LogP contribution in [0.3, 0.4) is 0 Å². The Hall–Kier alpha value is -1.12. The summed E-state index contributed by atoms with van der Waals surface area (Å²) in [5.74, 6) is 0.0937. The van der Waals surface area contributed by atoms with Gasteiger partial charge in [0.1, 0.15) is 0 Å². The molecule has 0 aliphatic heterocycles. The zero-order chi connectivity index (χ0) is 13.1. The molecule has 2 aromatic rings. The molecule has 2 aromatic carbocycles. The largest absolute Gasteiger partial charge is 0.294 e. The lowest BCUT2D eigenvalue weighted by molar-refractivity contribution is 0.0993. The molecule has 0 bridgehead atoms. The van der Waals surface area contributed by atoms with Crippen LogP contribution in [0.1, 0.15) is 21.5 Å². The van der Waals surface area contributed by atoms with Crippen LogP contribution in [0.4, 0.5) is 0 Å². The number of benzene rings is 2. The summed E-state index contributed by atoms with van der Waals surface area (Å²) in [5.41, 5.74) is 2.89. The SMILES string of the molecule is Cc1ccc(CC(=O)c2ccc(Cl)c(Br)c2)cc1. The Balaban J connectivity index is 2.16. The summed E-state index contributed by atoms with van der Waals surface area (Å²) in [6.45, 7) is 2.03. The molecule has 0 amide bonds. The van der Waals surface area contributed by atoms with Gasteiger partial charge in [-0.3, -0.25) is 4.79 Å². The smallest absolute Gasteiger partial charge is 0.167 e. The topological polar surface area (TPSA) is 17.1 Å². The molecule has 0 heterocycles. The Morgan fingerprint density at radius 1 is 1.17 bits per heavy atom. The second kappa shape index (κ2) is 5.68. The van der Waals surface area contributed by atoms with Gasteiger partial charge in [0.05, 0.1) is 5.02 Å². The van der Waals surface area contributed by atoms with Crippen molar-refractivity contribution in [1.29, 1.82) is 0 Å². The van der Waals surface area contributed by atoms with Crippen molar-refractivity contribution in [2.24, 2.45) is 0 Å². The third kappa shape index (κ3) is 3.21. The minimum absolute atomic E-state index is 0.0937. The third-order valence-electron chi connectivity index (χ3n) is 2.73. The van der Waals surface area contributed by atoms with Gasteiger partial charge in [0.15, 0.2) is 5.78 Å². The highest BCUT2D eigenvalue weighted by Gasteiger charge is 2.08. The van der Waals surface area contributed by atoms with Crippen molar-refractivity contribution in [3.05, 3.63) is 68.7 Å². The molecule has 0 fully saturated rings. The molecule has 2 rings (SSSR count). The third-order valence-corrected chi connectivity index (χ3v) is 3.94. The number of rotatable bonds is 3. The first-order valence-electron chi connectivity index (χ1n) is 5.60. The van der Waals surface area contributed by atoms with Crippen LogP contribution >= 0.6 is 27.5 Å². The van der Waals surface area contributed by atoms with Crippen molar-refractivity contribution < 1.29 is 4.79 Å². The number of halogens is 2. The molecule has 18 heavy (non-hydrogen) atoms. The fraction of sp³-hybridized carbons (Fsp3) is 0.133. The fourth-order valence-electron chi connectivity index (χ4n) is 1.66. The normalized spacial score (nSPS) is 10.4. The number of hydrogen-bond acceptors (Lipinski definition) is 1. The van der Waals surface area contributed by atoms with Crippen LogP contribution in [0, 0.1) is 6.92 Å². The second-order valence-electron chi connectivity index (χ2n) is 4.21. The maximum absolute atomic E-state index is 12.1. The van der Waals surface area contributed by atoms with E-state index in [-0.39, 0.29) is 5.78 Å². The van der Waals surface area contributed by atoms with Gasteiger partial charge in [-0.15, -0.1) is 0 Å². The molecule has 0 spiro atoms. The number of Topliss-reactive ketones (excluding diaryl/α,β-unsaturated/α-hetero) is 1. The minimum atomic E-state index is 0.0937. The number of carbonyl (C=O) groups excluding carboxylic acids is 1. The van der Waals surface area contributed by atoms with Gasteiger partial charge in [-0.25, -0.2) is 0 Å². The zero-order valence-corrected chi connectivity index (χ0v) is 12.3. The van der Waals surface area contributed by atoms with Crippen LogP contribution in [-0.2, 0) is 6.42 Å². The van der Waals surface area contributed by atoms with Gasteiger partial charge in [0.2, 0.25) is 0 Å². The molecule has 0 saturated heterocycles. The van der Waals surface area contributed by atoms with Crippen molar-refractivity contribution in [3.63, 3.8) is 0 Å². The van der Waals surface area contributed by atoms with Gasteiger partial charge >= 0.3 is 0 Å². The van der Waals surface area contributed by atoms with E-state index in [0.717, 1.165) is 10.0 Å². The lowest BCUT2D eigenvalue weighted by Crippen LogP contribution is -2.03. The van der Waals surface area contributed by atoms with E-state index in [1.54, 1.807) is 18.2 Å². The summed E-state index contributed by atoms with van der Waals surface area (Å²) in [6.07, 6.45) is 0.411. The van der Waals surface area contributed by atoms with Gasteiger partial charge in [-0.1, -0.05) is 41.4 Å². The Bertz CT molecular complexity index is 576. The zero-order valence-electron chi connectivity index (χ0n) is 9.91. The summed E-state index contributed by atoms with van der Waals surface area (Å²) < 4.78 is 0.749. The predicted octanol–water partition coefficient (Wildman–Crippen LogP) is 4.84. The number of carbonyl (C=O) groups is 1. The number of aryl methyl sites for hydroxylation is 1. The highest BCUT2D eigenvalue weighted by molar-refractivity contribution is 9.10. The van der Waals surface area contributed by atoms with Crippen LogP contribution in [0.15, 0.2) is 46.9 Å². The molecule has 0 aliphatic carbocycles. The fourth-order valence-corrected chi connectivity index (χ4v) is 2.16. The minimum Gasteiger partial charge on any atom is -0.294 e. The van der Waals surface area contributed by atoms with E-state index < -0.39 is 0 Å². The second-order valence-corrected chi connectivity index (χ2v) is 5.48. The first-order valence-corrected chi connectivity index (χ1v) is 6.77. The Morgan fingerprint density at radius 3 is 2.44 bits per heavy atom. The molecule has 0 aromatic heterocycles. The summed E-state index contributed by atoms with van der Waals surface area (Å²) in [6, 6.07) is 13.2. The van der Waals surface area contributed by atoms with Crippen LogP contribution in [0.5, 0.6) is 0 Å². The van der Waals surface area contributed by atoms with E-state index in [9.17, 15) is 4.79 Å². The predicted molar refractivity (Wildman–Crippen MR) is 78.4 cm³/mol. The van der Waals surface area contributed by atoms with Crippen LogP contribution in [-0.4, -0.2) is 5.78 Å². The van der Waals surface area contributed by atoms with Crippen molar-refractivity contribution >= 4 is 33.3 Å². The monoisotopic (exact) mass is 322 g/mol. The maximum atomic E-state index is 12.1. The molecular formula is C15H12BrClO. The Morgan fingerprint density at radius 2 is 1.83 bits per heavy atom. The van der Waals surface area contributed by atoms with E-state index in [4.69, 9.17) is 11.6 Å². The lowest BCUT2D eigenvalue weighted by Gasteiger charge is -2.04. The Kier molecular flexibility index (Phi) is 4.20. The molecule has 0 radical (unpaired) electrons. The van der Waals surface area contributed by atoms with Gasteiger partial charge in [-0.05, 0) is 46.6 Å². The molecule has 92 valence electrons. The van der Waals surface area contributed by atoms with E-state index in [0.29, 0.717) is 17.0 Å². The highest BCUT2D eigenvalue weighted by Crippen LogP contribution is 2.23. The summed E-state index contributed by atoms with van der Waals surface area (Å²) >= 11 is 9.23. The average molecular weight is 324 g/mol. The van der Waals surface area contributed by atoms with Crippen molar-refractivity contribution in [3.8, 4) is 0 Å². The highest BCUT2D eigenvalue weighted by atomic mass is 79.9. The van der Waals surface area contributed by atoms with Crippen molar-refractivity contribution in [2.75, 3.05) is 0 Å². The standard InChI is InChI=1S/C15H12BrClO/c1-10-2-4-11(5-3-10)8-15(18)12-6-7-14(17)13(16)9-12/h2-7,9H,8H2,1H3. The maximum Gasteiger partial charge on any atom is 0.167 e. The quantitative estimate of drug-likeness (QED) is 0.739. The molecule has 1 nitrogen and oxygen atoms in total. The van der Waals surface area contributed by atoms with E-state index >= 15 is 0 Å². The van der Waals surface area contributed by atoms with E-state index in [2.05, 4.69) is 15.9 Å². The number of ketones is 1. The summed E-state index contributed by atoms with van der Waals surface area (Å²) in [7, 11) is 0. The van der Waals surface area contributed by atoms with Crippen molar-refractivity contribution in [1.82, 2.24) is 0 Å². The Labute approximate surface area is 120 Å². The van der Waals surface area contributed by atoms with E-state index in [1.807, 2.05) is 31.2 Å². The molecule has 0 saturated carbocycles. The molecule has 0 atom stereocenters. The van der Waals surface area contributed by atoms with Crippen LogP contribution in [0.2, 0.25) is 5.02 Å². The molecule has 0 N–H and O–H groups in total. The molecule has 0 unspecified atom stereocenters. The van der Waals surface area contributed by atoms with E-state index in [1.165, 1.54) is 5.56 Å². The summed E-state index contributed by atoms with van der Waals surface area (Å²) in [4.78, 5) is 12.1. The molecular weight excluding hydrogens is 312 g/mol. The van der Waals surface area contributed by atoms with Gasteiger partial charge in [0.25, 0.3) is 0 Å². The average Bonchev–Trinajstić information content (AvgIpc) is 2.35. The van der Waals surface area contributed by atoms with Gasteiger partial charge < -0.3 is 0 Å². The summed E-state index contributed by atoms with van der Waals surface area (Å²) in [5, 5.41) is 0.613. The van der Waals surface area contributed by atoms with Crippen molar-refractivity contribution in [2.45, 2.75) is 13.3 Å². The van der Waals surface area contributed by atoms with Gasteiger partial charge in [-0.2, -0.15) is 0 Å².